The minimum absolute atomic E-state index is 0.0843. The summed E-state index contributed by atoms with van der Waals surface area (Å²) in [4.78, 5) is 1.62. The van der Waals surface area contributed by atoms with E-state index >= 15 is 0 Å². The molecule has 1 aromatic heterocycles. The summed E-state index contributed by atoms with van der Waals surface area (Å²) < 4.78 is 0. The molecule has 4 heteroatoms. The van der Waals surface area contributed by atoms with E-state index in [1.807, 2.05) is 12.1 Å². The smallest absolute Gasteiger partial charge is 0.110 e. The molecule has 0 saturated carbocycles. The minimum atomic E-state index is -0.137. The number of thiophene rings is 1. The van der Waals surface area contributed by atoms with Gasteiger partial charge < -0.3 is 10.8 Å². The molecule has 3 N–H and O–H groups in total. The van der Waals surface area contributed by atoms with Crippen molar-refractivity contribution in [2.75, 3.05) is 6.61 Å². The first-order chi connectivity index (χ1) is 5.77. The number of aliphatic hydroxyl groups excluding tert-OH is 1. The summed E-state index contributed by atoms with van der Waals surface area (Å²) in [6, 6.07) is 5.49. The Kier molecular flexibility index (Phi) is 3.23. The standard InChI is InChI=1S/C8H10N2OS/c9-5-6-1-2-8(12-6)7(10)3-4-11/h1-2,7,11H,3-4,10H2. The highest BCUT2D eigenvalue weighted by Gasteiger charge is 2.07. The van der Waals surface area contributed by atoms with Crippen LogP contribution in [-0.2, 0) is 0 Å². The molecule has 0 radical (unpaired) electrons. The summed E-state index contributed by atoms with van der Waals surface area (Å²) in [6.07, 6.45) is 0.547. The quantitative estimate of drug-likeness (QED) is 0.732. The van der Waals surface area contributed by atoms with Gasteiger partial charge in [-0.05, 0) is 18.6 Å². The normalized spacial score (nSPS) is 12.4. The molecule has 1 unspecified atom stereocenters. The van der Waals surface area contributed by atoms with Gasteiger partial charge in [-0.2, -0.15) is 5.26 Å². The van der Waals surface area contributed by atoms with Gasteiger partial charge in [-0.1, -0.05) is 0 Å². The minimum Gasteiger partial charge on any atom is -0.396 e. The molecule has 1 rings (SSSR count). The van der Waals surface area contributed by atoms with Crippen LogP contribution in [0.25, 0.3) is 0 Å². The third-order valence-corrected chi connectivity index (χ3v) is 2.66. The van der Waals surface area contributed by atoms with Crippen LogP contribution in [0.3, 0.4) is 0 Å². The first-order valence-electron chi connectivity index (χ1n) is 3.64. The average molecular weight is 182 g/mol. The molecule has 0 aliphatic rings. The molecule has 1 aromatic rings. The second-order valence-corrected chi connectivity index (χ2v) is 3.55. The molecule has 0 spiro atoms. The van der Waals surface area contributed by atoms with Crippen LogP contribution in [0.4, 0.5) is 0 Å². The van der Waals surface area contributed by atoms with Gasteiger partial charge in [0.15, 0.2) is 0 Å². The summed E-state index contributed by atoms with van der Waals surface area (Å²) in [5.41, 5.74) is 5.71. The molecule has 3 nitrogen and oxygen atoms in total. The van der Waals surface area contributed by atoms with Gasteiger partial charge in [0, 0.05) is 17.5 Å². The van der Waals surface area contributed by atoms with E-state index in [0.29, 0.717) is 11.3 Å². The fourth-order valence-corrected chi connectivity index (χ4v) is 1.73. The van der Waals surface area contributed by atoms with Crippen molar-refractivity contribution >= 4 is 11.3 Å². The lowest BCUT2D eigenvalue weighted by molar-refractivity contribution is 0.277. The Balaban J connectivity index is 2.69. The van der Waals surface area contributed by atoms with E-state index in [1.54, 1.807) is 6.07 Å². The average Bonchev–Trinajstić information content (AvgIpc) is 2.52. The number of nitriles is 1. The highest BCUT2D eigenvalue weighted by Crippen LogP contribution is 2.22. The van der Waals surface area contributed by atoms with E-state index in [1.165, 1.54) is 11.3 Å². The summed E-state index contributed by atoms with van der Waals surface area (Å²) in [6.45, 7) is 0.0843. The first-order valence-corrected chi connectivity index (χ1v) is 4.46. The molecular weight excluding hydrogens is 172 g/mol. The zero-order chi connectivity index (χ0) is 8.97. The first kappa shape index (κ1) is 9.20. The molecule has 0 aromatic carbocycles. The van der Waals surface area contributed by atoms with E-state index in [9.17, 15) is 0 Å². The van der Waals surface area contributed by atoms with Crippen LogP contribution < -0.4 is 5.73 Å². The maximum atomic E-state index is 8.62. The van der Waals surface area contributed by atoms with Crippen molar-refractivity contribution in [2.24, 2.45) is 5.73 Å². The monoisotopic (exact) mass is 182 g/mol. The van der Waals surface area contributed by atoms with Crippen molar-refractivity contribution < 1.29 is 5.11 Å². The molecule has 1 heterocycles. The van der Waals surface area contributed by atoms with Crippen molar-refractivity contribution in [1.82, 2.24) is 0 Å². The van der Waals surface area contributed by atoms with E-state index in [2.05, 4.69) is 0 Å². The third-order valence-electron chi connectivity index (χ3n) is 1.54. The second kappa shape index (κ2) is 4.21. The predicted molar refractivity (Wildman–Crippen MR) is 47.7 cm³/mol. The Morgan fingerprint density at radius 1 is 1.67 bits per heavy atom. The van der Waals surface area contributed by atoms with Gasteiger partial charge in [-0.15, -0.1) is 11.3 Å². The predicted octanol–water partition coefficient (Wildman–Crippen LogP) is 1.00. The molecule has 0 aliphatic carbocycles. The molecular formula is C8H10N2OS. The Hall–Kier alpha value is -0.890. The molecule has 0 aliphatic heterocycles. The van der Waals surface area contributed by atoms with E-state index in [0.717, 1.165) is 4.88 Å². The molecule has 1 atom stereocenters. The summed E-state index contributed by atoms with van der Waals surface area (Å²) in [5, 5.41) is 17.2. The van der Waals surface area contributed by atoms with E-state index < -0.39 is 0 Å². The fourth-order valence-electron chi connectivity index (χ4n) is 0.894. The van der Waals surface area contributed by atoms with E-state index in [4.69, 9.17) is 16.1 Å². The number of rotatable bonds is 3. The SMILES string of the molecule is N#Cc1ccc(C(N)CCO)s1. The largest absolute Gasteiger partial charge is 0.396 e. The number of hydrogen-bond acceptors (Lipinski definition) is 4. The van der Waals surface area contributed by atoms with Crippen molar-refractivity contribution in [3.05, 3.63) is 21.9 Å². The van der Waals surface area contributed by atoms with Gasteiger partial charge in [-0.3, -0.25) is 0 Å². The van der Waals surface area contributed by atoms with Gasteiger partial charge in [0.05, 0.1) is 0 Å². The van der Waals surface area contributed by atoms with Crippen LogP contribution in [0.1, 0.15) is 22.2 Å². The lowest BCUT2D eigenvalue weighted by Crippen LogP contribution is -2.09. The lowest BCUT2D eigenvalue weighted by Gasteiger charge is -2.05. The summed E-state index contributed by atoms with van der Waals surface area (Å²) in [5.74, 6) is 0. The Labute approximate surface area is 75.1 Å². The number of hydrogen-bond donors (Lipinski definition) is 2. The van der Waals surface area contributed by atoms with Crippen molar-refractivity contribution in [1.29, 1.82) is 5.26 Å². The molecule has 0 saturated heterocycles. The molecule has 64 valence electrons. The van der Waals surface area contributed by atoms with Gasteiger partial charge in [0.2, 0.25) is 0 Å². The van der Waals surface area contributed by atoms with Crippen molar-refractivity contribution in [3.8, 4) is 6.07 Å². The highest BCUT2D eigenvalue weighted by atomic mass is 32.1. The summed E-state index contributed by atoms with van der Waals surface area (Å²) in [7, 11) is 0. The second-order valence-electron chi connectivity index (χ2n) is 2.43. The third kappa shape index (κ3) is 2.05. The van der Waals surface area contributed by atoms with Crippen LogP contribution in [0.15, 0.2) is 12.1 Å². The highest BCUT2D eigenvalue weighted by molar-refractivity contribution is 7.12. The van der Waals surface area contributed by atoms with Crippen LogP contribution in [-0.4, -0.2) is 11.7 Å². The van der Waals surface area contributed by atoms with Crippen LogP contribution in [0.5, 0.6) is 0 Å². The maximum Gasteiger partial charge on any atom is 0.110 e. The van der Waals surface area contributed by atoms with Crippen LogP contribution in [0.2, 0.25) is 0 Å². The Morgan fingerprint density at radius 2 is 2.42 bits per heavy atom. The van der Waals surface area contributed by atoms with Crippen LogP contribution >= 0.6 is 11.3 Å². The fraction of sp³-hybridized carbons (Fsp3) is 0.375. The summed E-state index contributed by atoms with van der Waals surface area (Å²) >= 11 is 1.38. The number of nitrogens with zero attached hydrogens (tertiary/aromatic N) is 1. The van der Waals surface area contributed by atoms with Crippen molar-refractivity contribution in [2.45, 2.75) is 12.5 Å². The van der Waals surface area contributed by atoms with Gasteiger partial charge in [-0.25, -0.2) is 0 Å². The van der Waals surface area contributed by atoms with Gasteiger partial charge >= 0.3 is 0 Å². The van der Waals surface area contributed by atoms with Crippen LogP contribution in [0, 0.1) is 11.3 Å². The maximum absolute atomic E-state index is 8.62. The molecule has 0 fully saturated rings. The van der Waals surface area contributed by atoms with Gasteiger partial charge in [0.1, 0.15) is 10.9 Å². The Bertz CT molecular complexity index is 289. The molecule has 12 heavy (non-hydrogen) atoms. The van der Waals surface area contributed by atoms with Crippen molar-refractivity contribution in [3.63, 3.8) is 0 Å². The topological polar surface area (TPSA) is 70.0 Å². The zero-order valence-corrected chi connectivity index (χ0v) is 7.34. The lowest BCUT2D eigenvalue weighted by atomic mass is 10.2. The molecule has 0 bridgehead atoms. The zero-order valence-electron chi connectivity index (χ0n) is 6.53. The van der Waals surface area contributed by atoms with E-state index in [-0.39, 0.29) is 12.6 Å². The number of aliphatic hydroxyl groups is 1. The Morgan fingerprint density at radius 3 is 2.92 bits per heavy atom. The number of nitrogens with two attached hydrogens (primary N) is 1. The molecule has 0 amide bonds. The van der Waals surface area contributed by atoms with Gasteiger partial charge in [0.25, 0.3) is 0 Å².